The molecule has 3 rings (SSSR count). The first-order valence-corrected chi connectivity index (χ1v) is 11.1. The monoisotopic (exact) mass is 440 g/mol. The van der Waals surface area contributed by atoms with Crippen molar-refractivity contribution in [1.29, 1.82) is 0 Å². The molecular weight excluding hydrogens is 408 g/mol. The molecule has 32 heavy (non-hydrogen) atoms. The van der Waals surface area contributed by atoms with Crippen molar-refractivity contribution in [2.45, 2.75) is 58.1 Å². The van der Waals surface area contributed by atoms with Crippen LogP contribution in [0.4, 0.5) is 4.79 Å². The number of rotatable bonds is 6. The fourth-order valence-corrected chi connectivity index (χ4v) is 4.04. The number of carboxylic acid groups (broad SMARTS) is 1. The van der Waals surface area contributed by atoms with Gasteiger partial charge in [0.1, 0.15) is 5.60 Å². The zero-order chi connectivity index (χ0) is 23.3. The van der Waals surface area contributed by atoms with Crippen LogP contribution in [0.1, 0.15) is 45.6 Å². The molecule has 1 aliphatic rings. The minimum atomic E-state index is -0.873. The maximum atomic E-state index is 13.0. The summed E-state index contributed by atoms with van der Waals surface area (Å²) in [4.78, 5) is 38.4. The summed E-state index contributed by atoms with van der Waals surface area (Å²) in [5.41, 5.74) is 0.350. The SMILES string of the molecule is CC(C)(C)OC(=O)NC(CC(=O)N1CCCC(C(=O)O)C1)Cc1ccc2ccccc2c1. The standard InChI is InChI=1S/C25H32N2O5/c1-25(2,3)32-24(31)26-21(14-17-10-11-18-7-4-5-8-19(18)13-17)15-22(28)27-12-6-9-20(16-27)23(29)30/h4-5,7-8,10-11,13,20-21H,6,9,12,14-16H2,1-3H3,(H,26,31)(H,29,30). The van der Waals surface area contributed by atoms with Crippen molar-refractivity contribution in [3.8, 4) is 0 Å². The molecular formula is C25H32N2O5. The second-order valence-corrected chi connectivity index (χ2v) is 9.45. The number of nitrogens with zero attached hydrogens (tertiary/aromatic N) is 1. The van der Waals surface area contributed by atoms with Gasteiger partial charge in [-0.05, 0) is 56.4 Å². The molecule has 2 N–H and O–H groups in total. The Morgan fingerprint density at radius 3 is 2.56 bits per heavy atom. The fourth-order valence-electron chi connectivity index (χ4n) is 4.04. The Kier molecular flexibility index (Phi) is 7.38. The van der Waals surface area contributed by atoms with Crippen LogP contribution in [-0.2, 0) is 20.7 Å². The van der Waals surface area contributed by atoms with E-state index in [1.54, 1.807) is 25.7 Å². The molecule has 1 saturated heterocycles. The number of carbonyl (C=O) groups excluding carboxylic acids is 2. The molecule has 2 unspecified atom stereocenters. The number of carboxylic acids is 1. The van der Waals surface area contributed by atoms with Gasteiger partial charge < -0.3 is 20.1 Å². The Morgan fingerprint density at radius 2 is 1.88 bits per heavy atom. The Morgan fingerprint density at radius 1 is 1.16 bits per heavy atom. The number of aliphatic carboxylic acids is 1. The lowest BCUT2D eigenvalue weighted by Gasteiger charge is -2.32. The lowest BCUT2D eigenvalue weighted by Crippen LogP contribution is -2.47. The zero-order valence-corrected chi connectivity index (χ0v) is 19.0. The van der Waals surface area contributed by atoms with Crippen LogP contribution in [-0.4, -0.2) is 52.7 Å². The Balaban J connectivity index is 1.74. The highest BCUT2D eigenvalue weighted by Crippen LogP contribution is 2.20. The number of fused-ring (bicyclic) bond motifs is 1. The Bertz CT molecular complexity index is 982. The summed E-state index contributed by atoms with van der Waals surface area (Å²) in [6, 6.07) is 13.6. The van der Waals surface area contributed by atoms with Crippen molar-refractivity contribution in [2.24, 2.45) is 5.92 Å². The van der Waals surface area contributed by atoms with Gasteiger partial charge in [0.05, 0.1) is 5.92 Å². The summed E-state index contributed by atoms with van der Waals surface area (Å²) in [5.74, 6) is -1.56. The molecule has 7 heteroatoms. The summed E-state index contributed by atoms with van der Waals surface area (Å²) < 4.78 is 5.40. The molecule has 2 atom stereocenters. The highest BCUT2D eigenvalue weighted by molar-refractivity contribution is 5.83. The minimum Gasteiger partial charge on any atom is -0.481 e. The van der Waals surface area contributed by atoms with E-state index in [1.165, 1.54) is 0 Å². The number of alkyl carbamates (subject to hydrolysis) is 1. The van der Waals surface area contributed by atoms with Gasteiger partial charge in [-0.25, -0.2) is 4.79 Å². The molecule has 0 spiro atoms. The van der Waals surface area contributed by atoms with E-state index in [4.69, 9.17) is 4.74 Å². The van der Waals surface area contributed by atoms with E-state index in [0.29, 0.717) is 25.8 Å². The maximum absolute atomic E-state index is 13.0. The van der Waals surface area contributed by atoms with Crippen LogP contribution in [0.15, 0.2) is 42.5 Å². The van der Waals surface area contributed by atoms with Crippen molar-refractivity contribution in [2.75, 3.05) is 13.1 Å². The van der Waals surface area contributed by atoms with Crippen LogP contribution >= 0.6 is 0 Å². The number of hydrogen-bond acceptors (Lipinski definition) is 4. The molecule has 0 radical (unpaired) electrons. The minimum absolute atomic E-state index is 0.0818. The quantitative estimate of drug-likeness (QED) is 0.708. The molecule has 1 aliphatic heterocycles. The average Bonchev–Trinajstić information content (AvgIpc) is 2.72. The van der Waals surface area contributed by atoms with Gasteiger partial charge in [-0.3, -0.25) is 9.59 Å². The number of amides is 2. The number of ether oxygens (including phenoxy) is 1. The lowest BCUT2D eigenvalue weighted by molar-refractivity contribution is -0.145. The molecule has 0 saturated carbocycles. The van der Waals surface area contributed by atoms with Gasteiger partial charge in [0.25, 0.3) is 0 Å². The highest BCUT2D eigenvalue weighted by atomic mass is 16.6. The Hall–Kier alpha value is -3.09. The van der Waals surface area contributed by atoms with E-state index in [-0.39, 0.29) is 18.9 Å². The third-order valence-corrected chi connectivity index (χ3v) is 5.56. The number of carbonyl (C=O) groups is 3. The molecule has 2 amide bonds. The van der Waals surface area contributed by atoms with E-state index in [1.807, 2.05) is 36.4 Å². The molecule has 172 valence electrons. The van der Waals surface area contributed by atoms with Crippen LogP contribution in [0.3, 0.4) is 0 Å². The van der Waals surface area contributed by atoms with E-state index >= 15 is 0 Å². The molecule has 0 aliphatic carbocycles. The van der Waals surface area contributed by atoms with E-state index in [2.05, 4.69) is 11.4 Å². The van der Waals surface area contributed by atoms with Crippen LogP contribution in [0.2, 0.25) is 0 Å². The highest BCUT2D eigenvalue weighted by Gasteiger charge is 2.30. The van der Waals surface area contributed by atoms with Gasteiger partial charge in [0.2, 0.25) is 5.91 Å². The van der Waals surface area contributed by atoms with Crippen LogP contribution in [0, 0.1) is 5.92 Å². The Labute approximate surface area is 188 Å². The molecule has 2 aromatic carbocycles. The van der Waals surface area contributed by atoms with Crippen molar-refractivity contribution in [1.82, 2.24) is 10.2 Å². The zero-order valence-electron chi connectivity index (χ0n) is 19.0. The predicted octanol–water partition coefficient (Wildman–Crippen LogP) is 3.99. The third kappa shape index (κ3) is 6.70. The summed E-state index contributed by atoms with van der Waals surface area (Å²) in [7, 11) is 0. The van der Waals surface area contributed by atoms with Gasteiger partial charge in [0.15, 0.2) is 0 Å². The van der Waals surface area contributed by atoms with Gasteiger partial charge in [-0.1, -0.05) is 42.5 Å². The van der Waals surface area contributed by atoms with Crippen LogP contribution < -0.4 is 5.32 Å². The largest absolute Gasteiger partial charge is 0.481 e. The van der Waals surface area contributed by atoms with Gasteiger partial charge in [-0.15, -0.1) is 0 Å². The van der Waals surface area contributed by atoms with E-state index < -0.39 is 29.6 Å². The first-order valence-electron chi connectivity index (χ1n) is 11.1. The van der Waals surface area contributed by atoms with Gasteiger partial charge in [0, 0.05) is 25.6 Å². The fraction of sp³-hybridized carbons (Fsp3) is 0.480. The number of piperidine rings is 1. The molecule has 1 fully saturated rings. The van der Waals surface area contributed by atoms with E-state index in [9.17, 15) is 19.5 Å². The predicted molar refractivity (Wildman–Crippen MR) is 122 cm³/mol. The van der Waals surface area contributed by atoms with Crippen molar-refractivity contribution >= 4 is 28.7 Å². The number of hydrogen-bond donors (Lipinski definition) is 2. The van der Waals surface area contributed by atoms with Crippen molar-refractivity contribution < 1.29 is 24.2 Å². The topological polar surface area (TPSA) is 95.9 Å². The van der Waals surface area contributed by atoms with Crippen molar-refractivity contribution in [3.63, 3.8) is 0 Å². The normalized spacial score (nSPS) is 17.6. The molecule has 7 nitrogen and oxygen atoms in total. The van der Waals surface area contributed by atoms with Gasteiger partial charge >= 0.3 is 12.1 Å². The van der Waals surface area contributed by atoms with Crippen LogP contribution in [0.25, 0.3) is 10.8 Å². The number of likely N-dealkylation sites (tertiary alicyclic amines) is 1. The van der Waals surface area contributed by atoms with Crippen molar-refractivity contribution in [3.05, 3.63) is 48.0 Å². The second kappa shape index (κ2) is 10.0. The first kappa shape index (κ1) is 23.6. The number of nitrogens with one attached hydrogen (secondary N) is 1. The second-order valence-electron chi connectivity index (χ2n) is 9.45. The first-order chi connectivity index (χ1) is 15.1. The maximum Gasteiger partial charge on any atom is 0.407 e. The van der Waals surface area contributed by atoms with Gasteiger partial charge in [-0.2, -0.15) is 0 Å². The lowest BCUT2D eigenvalue weighted by atomic mass is 9.96. The molecule has 2 aromatic rings. The molecule has 0 bridgehead atoms. The molecule has 0 aromatic heterocycles. The summed E-state index contributed by atoms with van der Waals surface area (Å²) >= 11 is 0. The van der Waals surface area contributed by atoms with E-state index in [0.717, 1.165) is 16.3 Å². The third-order valence-electron chi connectivity index (χ3n) is 5.56. The summed E-state index contributed by atoms with van der Waals surface area (Å²) in [6.45, 7) is 6.11. The summed E-state index contributed by atoms with van der Waals surface area (Å²) in [5, 5.41) is 14.4. The average molecular weight is 441 g/mol. The summed E-state index contributed by atoms with van der Waals surface area (Å²) in [6.07, 6.45) is 1.22. The van der Waals surface area contributed by atoms with Crippen LogP contribution in [0.5, 0.6) is 0 Å². The smallest absolute Gasteiger partial charge is 0.407 e. The molecule has 1 heterocycles. The number of benzene rings is 2.